The van der Waals surface area contributed by atoms with E-state index in [9.17, 15) is 19.2 Å². The maximum atomic E-state index is 11.9. The van der Waals surface area contributed by atoms with Gasteiger partial charge >= 0.3 is 23.9 Å². The van der Waals surface area contributed by atoms with Gasteiger partial charge < -0.3 is 18.9 Å². The largest absolute Gasteiger partial charge is 0.455 e. The lowest BCUT2D eigenvalue weighted by molar-refractivity contribution is -0.225. The maximum absolute atomic E-state index is 11.9. The van der Waals surface area contributed by atoms with Crippen molar-refractivity contribution in [2.45, 2.75) is 58.5 Å². The Morgan fingerprint density at radius 2 is 1.43 bits per heavy atom. The van der Waals surface area contributed by atoms with Gasteiger partial charge in [0.1, 0.15) is 6.10 Å². The molecule has 1 aliphatic rings. The molecule has 0 amide bonds. The van der Waals surface area contributed by atoms with Crippen LogP contribution in [0.3, 0.4) is 0 Å². The van der Waals surface area contributed by atoms with E-state index in [1.165, 1.54) is 6.92 Å². The van der Waals surface area contributed by atoms with Crippen molar-refractivity contribution >= 4 is 23.9 Å². The summed E-state index contributed by atoms with van der Waals surface area (Å²) >= 11 is 0. The van der Waals surface area contributed by atoms with Gasteiger partial charge in [-0.15, -0.1) is 0 Å². The number of carbonyl (C=O) groups excluding carboxylic acids is 4. The van der Waals surface area contributed by atoms with Crippen molar-refractivity contribution in [1.29, 1.82) is 0 Å². The zero-order chi connectivity index (χ0) is 16.2. The average molecular weight is 302 g/mol. The number of esters is 4. The molecule has 0 N–H and O–H groups in total. The van der Waals surface area contributed by atoms with E-state index in [2.05, 4.69) is 0 Å². The third-order valence-electron chi connectivity index (χ3n) is 2.79. The van der Waals surface area contributed by atoms with Gasteiger partial charge in [-0.25, -0.2) is 4.79 Å². The second kappa shape index (κ2) is 7.05. The summed E-state index contributed by atoms with van der Waals surface area (Å²) in [6, 6.07) is 0. The molecule has 1 rings (SSSR count). The topological polar surface area (TPSA) is 105 Å². The number of hydrogen-bond donors (Lipinski definition) is 0. The molecule has 0 unspecified atom stereocenters. The van der Waals surface area contributed by atoms with E-state index < -0.39 is 48.3 Å². The average Bonchev–Trinajstić information content (AvgIpc) is 2.35. The van der Waals surface area contributed by atoms with Crippen molar-refractivity contribution in [3.05, 3.63) is 0 Å². The molecule has 0 aromatic heterocycles. The minimum absolute atomic E-state index is 0.342. The monoisotopic (exact) mass is 302 g/mol. The number of rotatable bonds is 4. The molecule has 1 fully saturated rings. The van der Waals surface area contributed by atoms with E-state index in [4.69, 9.17) is 18.9 Å². The molecule has 1 aliphatic heterocycles. The Labute approximate surface area is 121 Å². The minimum atomic E-state index is -1.46. The zero-order valence-corrected chi connectivity index (χ0v) is 12.3. The molecule has 0 radical (unpaired) electrons. The van der Waals surface area contributed by atoms with Crippen LogP contribution in [0.5, 0.6) is 0 Å². The van der Waals surface area contributed by atoms with Gasteiger partial charge in [-0.05, 0) is 6.42 Å². The summed E-state index contributed by atoms with van der Waals surface area (Å²) in [6.45, 7) is 5.13. The molecular weight excluding hydrogens is 284 g/mol. The lowest BCUT2D eigenvalue weighted by Crippen LogP contribution is -2.59. The van der Waals surface area contributed by atoms with Gasteiger partial charge in [0, 0.05) is 20.8 Å². The van der Waals surface area contributed by atoms with Gasteiger partial charge in [0.25, 0.3) is 0 Å². The van der Waals surface area contributed by atoms with Crippen molar-refractivity contribution < 1.29 is 38.1 Å². The first-order valence-corrected chi connectivity index (χ1v) is 6.48. The Kier molecular flexibility index (Phi) is 5.69. The molecule has 8 heteroatoms. The maximum Gasteiger partial charge on any atom is 0.352 e. The molecule has 4 atom stereocenters. The Bertz CT molecular complexity index is 443. The summed E-state index contributed by atoms with van der Waals surface area (Å²) in [5.41, 5.74) is 0. The van der Waals surface area contributed by atoms with E-state index in [1.807, 2.05) is 0 Å². The van der Waals surface area contributed by atoms with Crippen molar-refractivity contribution in [2.24, 2.45) is 0 Å². The first-order chi connectivity index (χ1) is 9.76. The normalized spacial score (nSPS) is 28.3. The zero-order valence-electron chi connectivity index (χ0n) is 12.3. The van der Waals surface area contributed by atoms with Gasteiger partial charge in [0.15, 0.2) is 12.2 Å². The SMILES string of the molecule is CC[C@H]1OC(=O)[C@H](OC(C)=O)[C@@H](OC(C)=O)[C@@H]1OC(C)=O. The second-order valence-electron chi connectivity index (χ2n) is 4.56. The van der Waals surface area contributed by atoms with Gasteiger partial charge in [0.2, 0.25) is 6.10 Å². The fourth-order valence-electron chi connectivity index (χ4n) is 2.07. The molecule has 21 heavy (non-hydrogen) atoms. The van der Waals surface area contributed by atoms with E-state index in [-0.39, 0.29) is 0 Å². The molecule has 1 heterocycles. The first-order valence-electron chi connectivity index (χ1n) is 6.48. The quantitative estimate of drug-likeness (QED) is 0.532. The van der Waals surface area contributed by atoms with Crippen LogP contribution in [0.25, 0.3) is 0 Å². The highest BCUT2D eigenvalue weighted by atomic mass is 16.7. The van der Waals surface area contributed by atoms with E-state index >= 15 is 0 Å². The van der Waals surface area contributed by atoms with Gasteiger partial charge in [0.05, 0.1) is 0 Å². The summed E-state index contributed by atoms with van der Waals surface area (Å²) in [7, 11) is 0. The van der Waals surface area contributed by atoms with Crippen LogP contribution < -0.4 is 0 Å². The van der Waals surface area contributed by atoms with Crippen LogP contribution in [0.4, 0.5) is 0 Å². The minimum Gasteiger partial charge on any atom is -0.455 e. The van der Waals surface area contributed by atoms with Crippen LogP contribution in [-0.4, -0.2) is 48.3 Å². The lowest BCUT2D eigenvalue weighted by atomic mass is 9.97. The van der Waals surface area contributed by atoms with Crippen LogP contribution in [-0.2, 0) is 38.1 Å². The lowest BCUT2D eigenvalue weighted by Gasteiger charge is -2.39. The Balaban J connectivity index is 3.11. The summed E-state index contributed by atoms with van der Waals surface area (Å²) < 4.78 is 20.0. The highest BCUT2D eigenvalue weighted by Crippen LogP contribution is 2.26. The van der Waals surface area contributed by atoms with Crippen molar-refractivity contribution in [3.8, 4) is 0 Å². The predicted octanol–water partition coefficient (Wildman–Crippen LogP) is 0.117. The van der Waals surface area contributed by atoms with Gasteiger partial charge in [-0.3, -0.25) is 14.4 Å². The molecule has 0 bridgehead atoms. The molecule has 0 saturated carbocycles. The van der Waals surface area contributed by atoms with Crippen LogP contribution in [0.15, 0.2) is 0 Å². The van der Waals surface area contributed by atoms with Crippen LogP contribution in [0.2, 0.25) is 0 Å². The van der Waals surface area contributed by atoms with Crippen LogP contribution in [0.1, 0.15) is 34.1 Å². The fourth-order valence-corrected chi connectivity index (χ4v) is 2.07. The molecule has 0 spiro atoms. The number of ether oxygens (including phenoxy) is 4. The molecule has 1 saturated heterocycles. The third kappa shape index (κ3) is 4.44. The summed E-state index contributed by atoms with van der Waals surface area (Å²) in [5.74, 6) is -2.91. The molecule has 118 valence electrons. The van der Waals surface area contributed by atoms with Crippen molar-refractivity contribution in [2.75, 3.05) is 0 Å². The smallest absolute Gasteiger partial charge is 0.352 e. The van der Waals surface area contributed by atoms with E-state index in [0.29, 0.717) is 6.42 Å². The summed E-state index contributed by atoms with van der Waals surface area (Å²) in [6.07, 6.45) is -4.16. The summed E-state index contributed by atoms with van der Waals surface area (Å²) in [4.78, 5) is 45.4. The molecule has 0 aromatic rings. The fraction of sp³-hybridized carbons (Fsp3) is 0.692. The van der Waals surface area contributed by atoms with Crippen molar-refractivity contribution in [3.63, 3.8) is 0 Å². The highest BCUT2D eigenvalue weighted by Gasteiger charge is 2.51. The molecule has 0 aromatic carbocycles. The van der Waals surface area contributed by atoms with E-state index in [0.717, 1.165) is 13.8 Å². The molecule has 8 nitrogen and oxygen atoms in total. The van der Waals surface area contributed by atoms with Gasteiger partial charge in [-0.2, -0.15) is 0 Å². The Morgan fingerprint density at radius 1 is 0.952 bits per heavy atom. The van der Waals surface area contributed by atoms with E-state index in [1.54, 1.807) is 6.92 Å². The first kappa shape index (κ1) is 16.9. The molecular formula is C13H18O8. The number of hydrogen-bond acceptors (Lipinski definition) is 8. The third-order valence-corrected chi connectivity index (χ3v) is 2.79. The highest BCUT2D eigenvalue weighted by molar-refractivity contribution is 5.81. The Morgan fingerprint density at radius 3 is 1.86 bits per heavy atom. The predicted molar refractivity (Wildman–Crippen MR) is 66.8 cm³/mol. The van der Waals surface area contributed by atoms with Gasteiger partial charge in [-0.1, -0.05) is 6.92 Å². The second-order valence-corrected chi connectivity index (χ2v) is 4.56. The summed E-state index contributed by atoms with van der Waals surface area (Å²) in [5, 5.41) is 0. The standard InChI is InChI=1S/C13H18O8/c1-5-9-10(18-6(2)14)11(19-7(3)15)12(13(17)21-9)20-8(4)16/h9-12H,5H2,1-4H3/t9-,10-,11+,12-/m1/s1. The van der Waals surface area contributed by atoms with Crippen LogP contribution in [0, 0.1) is 0 Å². The number of cyclic esters (lactones) is 1. The van der Waals surface area contributed by atoms with Crippen LogP contribution >= 0.6 is 0 Å². The van der Waals surface area contributed by atoms with Crippen molar-refractivity contribution in [1.82, 2.24) is 0 Å². The Hall–Kier alpha value is -2.12. The molecule has 0 aliphatic carbocycles. The number of carbonyl (C=O) groups is 4.